The van der Waals surface area contributed by atoms with E-state index in [0.29, 0.717) is 33.2 Å². The third kappa shape index (κ3) is 5.60. The van der Waals surface area contributed by atoms with Crippen molar-refractivity contribution >= 4 is 45.2 Å². The molecule has 196 valence electrons. The van der Waals surface area contributed by atoms with Crippen LogP contribution in [0.25, 0.3) is 21.8 Å². The molecule has 5 aromatic rings. The number of aromatic nitrogens is 1. The number of carbonyl (C=O) groups excluding carboxylic acids is 2. The first-order valence-corrected chi connectivity index (χ1v) is 12.7. The Labute approximate surface area is 225 Å². The summed E-state index contributed by atoms with van der Waals surface area (Å²) in [6, 6.07) is 28.3. The van der Waals surface area contributed by atoms with E-state index in [2.05, 4.69) is 26.3 Å². The number of para-hydroxylation sites is 2. The lowest BCUT2D eigenvalue weighted by atomic mass is 10.1. The molecule has 0 spiro atoms. The van der Waals surface area contributed by atoms with Gasteiger partial charge in [-0.2, -0.15) is 0 Å². The maximum atomic E-state index is 13.4. The zero-order valence-corrected chi connectivity index (χ0v) is 21.6. The fraction of sp³-hybridized carbons (Fsp3) is 0.129. The van der Waals surface area contributed by atoms with Crippen LogP contribution in [0.5, 0.6) is 0 Å². The average molecular weight is 520 g/mol. The molecule has 0 aliphatic rings. The predicted molar refractivity (Wildman–Crippen MR) is 156 cm³/mol. The largest absolute Gasteiger partial charge is 0.351 e. The molecule has 39 heavy (non-hydrogen) atoms. The van der Waals surface area contributed by atoms with Gasteiger partial charge in [0.1, 0.15) is 0 Å². The lowest BCUT2D eigenvalue weighted by Crippen LogP contribution is -2.31. The summed E-state index contributed by atoms with van der Waals surface area (Å²) in [5.74, 6) is 0. The Morgan fingerprint density at radius 1 is 0.590 bits per heavy atom. The summed E-state index contributed by atoms with van der Waals surface area (Å²) in [6.45, 7) is 3.80. The average Bonchev–Trinajstić information content (AvgIpc) is 2.95. The normalized spacial score (nSPS) is 12.5. The molecular formula is C31H29N5O3. The minimum Gasteiger partial charge on any atom is -0.351 e. The lowest BCUT2D eigenvalue weighted by Gasteiger charge is -2.17. The smallest absolute Gasteiger partial charge is 0.319 e. The summed E-state index contributed by atoms with van der Waals surface area (Å²) in [5, 5.41) is 12.4. The number of H-pyrrole nitrogens is 1. The SMILES string of the molecule is C[C@H](NC(=O)Nc1cccc2c(=O)c3cccc(NC(=O)N[C@@H](C)c4ccccc4)c3[nH]c12)c1ccccc1. The van der Waals surface area contributed by atoms with Gasteiger partial charge in [0.25, 0.3) is 0 Å². The first kappa shape index (κ1) is 25.5. The molecule has 4 amide bonds. The Hall–Kier alpha value is -5.11. The molecule has 4 aromatic carbocycles. The van der Waals surface area contributed by atoms with Crippen LogP contribution in [0.15, 0.2) is 102 Å². The van der Waals surface area contributed by atoms with E-state index in [9.17, 15) is 14.4 Å². The van der Waals surface area contributed by atoms with Crippen molar-refractivity contribution in [2.24, 2.45) is 0 Å². The Morgan fingerprint density at radius 2 is 1.00 bits per heavy atom. The van der Waals surface area contributed by atoms with Gasteiger partial charge in [-0.3, -0.25) is 4.79 Å². The fourth-order valence-corrected chi connectivity index (χ4v) is 4.59. The van der Waals surface area contributed by atoms with Crippen LogP contribution in [0.2, 0.25) is 0 Å². The number of rotatable bonds is 6. The van der Waals surface area contributed by atoms with Crippen LogP contribution in [0, 0.1) is 0 Å². The van der Waals surface area contributed by atoms with Crippen molar-refractivity contribution in [3.8, 4) is 0 Å². The number of urea groups is 2. The fourth-order valence-electron chi connectivity index (χ4n) is 4.59. The molecule has 0 fully saturated rings. The second-order valence-corrected chi connectivity index (χ2v) is 9.37. The van der Waals surface area contributed by atoms with Crippen LogP contribution in [0.3, 0.4) is 0 Å². The Balaban J connectivity index is 1.42. The van der Waals surface area contributed by atoms with Crippen molar-refractivity contribution < 1.29 is 9.59 Å². The first-order chi connectivity index (χ1) is 18.9. The van der Waals surface area contributed by atoms with Crippen LogP contribution in [-0.2, 0) is 0 Å². The van der Waals surface area contributed by atoms with E-state index in [1.807, 2.05) is 74.5 Å². The van der Waals surface area contributed by atoms with Gasteiger partial charge in [0.2, 0.25) is 0 Å². The molecule has 0 unspecified atom stereocenters. The highest BCUT2D eigenvalue weighted by Crippen LogP contribution is 2.26. The minimum atomic E-state index is -0.402. The maximum absolute atomic E-state index is 13.4. The zero-order chi connectivity index (χ0) is 27.4. The number of pyridine rings is 1. The monoisotopic (exact) mass is 519 g/mol. The van der Waals surface area contributed by atoms with Crippen LogP contribution in [0.4, 0.5) is 21.0 Å². The van der Waals surface area contributed by atoms with E-state index in [4.69, 9.17) is 0 Å². The van der Waals surface area contributed by atoms with Gasteiger partial charge in [0.15, 0.2) is 5.43 Å². The number of aromatic amines is 1. The van der Waals surface area contributed by atoms with Crippen molar-refractivity contribution in [1.29, 1.82) is 0 Å². The highest BCUT2D eigenvalue weighted by atomic mass is 16.2. The summed E-state index contributed by atoms with van der Waals surface area (Å²) in [5.41, 5.74) is 3.56. The zero-order valence-electron chi connectivity index (χ0n) is 21.6. The molecular weight excluding hydrogens is 490 g/mol. The van der Waals surface area contributed by atoms with E-state index in [-0.39, 0.29) is 17.5 Å². The van der Waals surface area contributed by atoms with Gasteiger partial charge in [0, 0.05) is 10.8 Å². The van der Waals surface area contributed by atoms with Gasteiger partial charge in [-0.05, 0) is 49.2 Å². The number of hydrogen-bond donors (Lipinski definition) is 5. The Kier molecular flexibility index (Phi) is 7.27. The quantitative estimate of drug-likeness (QED) is 0.166. The van der Waals surface area contributed by atoms with Gasteiger partial charge in [0.05, 0.1) is 34.5 Å². The summed E-state index contributed by atoms with van der Waals surface area (Å²) in [4.78, 5) is 42.4. The molecule has 8 nitrogen and oxygen atoms in total. The van der Waals surface area contributed by atoms with Gasteiger partial charge in [-0.15, -0.1) is 0 Å². The van der Waals surface area contributed by atoms with Crippen LogP contribution < -0.4 is 26.7 Å². The van der Waals surface area contributed by atoms with Crippen molar-refractivity contribution in [2.45, 2.75) is 25.9 Å². The number of amides is 4. The Bertz CT molecular complexity index is 1580. The molecule has 5 rings (SSSR count). The van der Waals surface area contributed by atoms with Gasteiger partial charge < -0.3 is 26.3 Å². The van der Waals surface area contributed by atoms with Crippen molar-refractivity contribution in [2.75, 3.05) is 10.6 Å². The molecule has 1 heterocycles. The van der Waals surface area contributed by atoms with E-state index < -0.39 is 12.1 Å². The maximum Gasteiger partial charge on any atom is 0.319 e. The number of hydrogen-bond acceptors (Lipinski definition) is 3. The summed E-state index contributed by atoms with van der Waals surface area (Å²) in [6.07, 6.45) is 0. The summed E-state index contributed by atoms with van der Waals surface area (Å²) in [7, 11) is 0. The second-order valence-electron chi connectivity index (χ2n) is 9.37. The molecule has 0 aliphatic heterocycles. The molecule has 2 atom stereocenters. The van der Waals surface area contributed by atoms with Crippen LogP contribution >= 0.6 is 0 Å². The molecule has 0 saturated heterocycles. The minimum absolute atomic E-state index is 0.206. The molecule has 0 radical (unpaired) electrons. The third-order valence-corrected chi connectivity index (χ3v) is 6.66. The van der Waals surface area contributed by atoms with Gasteiger partial charge in [-0.25, -0.2) is 9.59 Å². The molecule has 5 N–H and O–H groups in total. The van der Waals surface area contributed by atoms with E-state index in [0.717, 1.165) is 11.1 Å². The summed E-state index contributed by atoms with van der Waals surface area (Å²) < 4.78 is 0. The third-order valence-electron chi connectivity index (χ3n) is 6.66. The van der Waals surface area contributed by atoms with Crippen molar-refractivity contribution in [1.82, 2.24) is 15.6 Å². The number of fused-ring (bicyclic) bond motifs is 2. The van der Waals surface area contributed by atoms with E-state index in [1.54, 1.807) is 36.4 Å². The van der Waals surface area contributed by atoms with Gasteiger partial charge >= 0.3 is 12.1 Å². The summed E-state index contributed by atoms with van der Waals surface area (Å²) >= 11 is 0. The number of benzene rings is 4. The Morgan fingerprint density at radius 3 is 1.41 bits per heavy atom. The van der Waals surface area contributed by atoms with E-state index in [1.165, 1.54) is 0 Å². The molecule has 8 heteroatoms. The number of anilines is 2. The van der Waals surface area contributed by atoms with Gasteiger partial charge in [-0.1, -0.05) is 72.8 Å². The van der Waals surface area contributed by atoms with Crippen LogP contribution in [0.1, 0.15) is 37.1 Å². The number of carbonyl (C=O) groups is 2. The van der Waals surface area contributed by atoms with Crippen molar-refractivity contribution in [3.63, 3.8) is 0 Å². The highest BCUT2D eigenvalue weighted by Gasteiger charge is 2.16. The van der Waals surface area contributed by atoms with Crippen molar-refractivity contribution in [3.05, 3.63) is 118 Å². The molecule has 0 bridgehead atoms. The predicted octanol–water partition coefficient (Wildman–Crippen LogP) is 6.45. The second kappa shape index (κ2) is 11.1. The topological polar surface area (TPSA) is 115 Å². The lowest BCUT2D eigenvalue weighted by molar-refractivity contribution is 0.248. The molecule has 1 aromatic heterocycles. The standard InChI is InChI=1S/C31H29N5O3/c1-19(21-11-5-3-6-12-21)32-30(38)34-25-17-9-15-23-27(25)36-28-24(29(23)37)16-10-18-26(28)35-31(39)33-20(2)22-13-7-4-8-14-22/h3-20H,1-2H3,(H,36,37)(H2,32,34,38)(H2,33,35,39)/t19-,20-/m0/s1. The first-order valence-electron chi connectivity index (χ1n) is 12.7. The highest BCUT2D eigenvalue weighted by molar-refractivity contribution is 6.07. The molecule has 0 aliphatic carbocycles. The number of nitrogens with one attached hydrogen (secondary N) is 5. The van der Waals surface area contributed by atoms with E-state index >= 15 is 0 Å². The van der Waals surface area contributed by atoms with Crippen LogP contribution in [-0.4, -0.2) is 17.0 Å². The molecule has 0 saturated carbocycles.